The molecule has 0 amide bonds. The van der Waals surface area contributed by atoms with E-state index >= 15 is 0 Å². The summed E-state index contributed by atoms with van der Waals surface area (Å²) in [6, 6.07) is 0. The van der Waals surface area contributed by atoms with Crippen LogP contribution in [0.2, 0.25) is 0 Å². The molecule has 0 atom stereocenters. The Hall–Kier alpha value is -1.83. The summed E-state index contributed by atoms with van der Waals surface area (Å²) in [7, 11) is 0. The maximum Gasteiger partial charge on any atom is 0.300 e. The number of hydrogen-bond acceptors (Lipinski definition) is 9. The Bertz CT molecular complexity index is 223. The zero-order valence-corrected chi connectivity index (χ0v) is 13.7. The lowest BCUT2D eigenvalue weighted by Gasteiger charge is -1.96. The van der Waals surface area contributed by atoms with Crippen molar-refractivity contribution in [2.75, 3.05) is 26.4 Å². The molecule has 0 aliphatic rings. The third-order valence-electron chi connectivity index (χ3n) is 0.843. The molecule has 0 rings (SSSR count). The van der Waals surface area contributed by atoms with Crippen LogP contribution in [0.1, 0.15) is 20.8 Å². The first-order valence-corrected chi connectivity index (χ1v) is 6.20. The first-order chi connectivity index (χ1) is 10.8. The first kappa shape index (κ1) is 33.7. The van der Waals surface area contributed by atoms with Crippen LogP contribution in [-0.4, -0.2) is 103 Å². The fourth-order valence-corrected chi connectivity index (χ4v) is 0.115. The molecular formula is C12H28O12. The van der Waals surface area contributed by atoms with E-state index in [9.17, 15) is 0 Å². The van der Waals surface area contributed by atoms with Gasteiger partial charge in [0.1, 0.15) is 12.2 Å². The largest absolute Gasteiger partial charge is 0.481 e. The van der Waals surface area contributed by atoms with Crippen LogP contribution >= 0.6 is 0 Å². The van der Waals surface area contributed by atoms with Crippen LogP contribution < -0.4 is 0 Å². The van der Waals surface area contributed by atoms with Gasteiger partial charge in [-0.3, -0.25) is 14.4 Å². The van der Waals surface area contributed by atoms with Crippen LogP contribution in [0.25, 0.3) is 0 Å². The van der Waals surface area contributed by atoms with Gasteiger partial charge in [0, 0.05) is 20.8 Å². The molecule has 0 aromatic heterocycles. The molecule has 0 aliphatic heterocycles. The van der Waals surface area contributed by atoms with Gasteiger partial charge in [-0.05, 0) is 0 Å². The number of carboxylic acids is 3. The molecule has 0 radical (unpaired) electrons. The highest BCUT2D eigenvalue weighted by Gasteiger charge is 1.94. The third kappa shape index (κ3) is 195. The molecule has 0 saturated heterocycles. The summed E-state index contributed by atoms with van der Waals surface area (Å²) in [5.74, 6) is -2.50. The first-order valence-electron chi connectivity index (χ1n) is 6.20. The van der Waals surface area contributed by atoms with Crippen molar-refractivity contribution in [2.24, 2.45) is 0 Å². The minimum atomic E-state index is -0.954. The van der Waals surface area contributed by atoms with Crippen LogP contribution in [0.4, 0.5) is 0 Å². The third-order valence-corrected chi connectivity index (χ3v) is 0.843. The zero-order valence-electron chi connectivity index (χ0n) is 13.7. The molecule has 0 aliphatic carbocycles. The second-order valence-electron chi connectivity index (χ2n) is 3.59. The molecule has 0 unspecified atom stereocenters. The quantitative estimate of drug-likeness (QED) is 0.242. The molecule has 0 aromatic carbocycles. The molecule has 0 heterocycles. The van der Waals surface area contributed by atoms with E-state index in [4.69, 9.17) is 60.3 Å². The van der Waals surface area contributed by atoms with Crippen molar-refractivity contribution >= 4 is 17.9 Å². The van der Waals surface area contributed by atoms with E-state index in [1.54, 1.807) is 0 Å². The SMILES string of the molecule is CC(=O)O.CC(=O)O.CC(=O)O.OCC(O)CO.OCC(O)CO. The molecule has 12 nitrogen and oxygen atoms in total. The minimum Gasteiger partial charge on any atom is -0.481 e. The Morgan fingerprint density at radius 2 is 0.667 bits per heavy atom. The summed E-state index contributed by atoms with van der Waals surface area (Å²) in [4.78, 5) is 27.0. The van der Waals surface area contributed by atoms with Gasteiger partial charge in [0.2, 0.25) is 0 Å². The zero-order chi connectivity index (χ0) is 20.7. The maximum absolute atomic E-state index is 9.00. The van der Waals surface area contributed by atoms with Gasteiger partial charge < -0.3 is 46.0 Å². The average molecular weight is 364 g/mol. The minimum absolute atomic E-state index is 0.365. The maximum atomic E-state index is 9.00. The topological polar surface area (TPSA) is 233 Å². The summed E-state index contributed by atoms with van der Waals surface area (Å²) in [5.41, 5.74) is 0. The van der Waals surface area contributed by atoms with Crippen molar-refractivity contribution in [1.82, 2.24) is 0 Å². The molecule has 9 N–H and O–H groups in total. The highest BCUT2D eigenvalue weighted by atomic mass is 16.4. The van der Waals surface area contributed by atoms with Crippen molar-refractivity contribution in [3.05, 3.63) is 0 Å². The number of aliphatic carboxylic acids is 3. The monoisotopic (exact) mass is 364 g/mol. The summed E-state index contributed by atoms with van der Waals surface area (Å²) < 4.78 is 0. The second-order valence-corrected chi connectivity index (χ2v) is 3.59. The Labute approximate surface area is 138 Å². The van der Waals surface area contributed by atoms with Crippen LogP contribution in [-0.2, 0) is 14.4 Å². The summed E-state index contributed by atoms with van der Waals surface area (Å²) >= 11 is 0. The lowest BCUT2D eigenvalue weighted by atomic mass is 10.4. The van der Waals surface area contributed by atoms with Crippen molar-refractivity contribution in [1.29, 1.82) is 0 Å². The summed E-state index contributed by atoms with van der Waals surface area (Å²) in [6.45, 7) is 1.79. The number of aliphatic hydroxyl groups excluding tert-OH is 6. The van der Waals surface area contributed by atoms with Crippen molar-refractivity contribution in [3.8, 4) is 0 Å². The Morgan fingerprint density at radius 3 is 0.667 bits per heavy atom. The van der Waals surface area contributed by atoms with E-state index in [-0.39, 0.29) is 26.4 Å². The number of hydrogen-bond donors (Lipinski definition) is 9. The highest BCUT2D eigenvalue weighted by molar-refractivity contribution is 5.63. The smallest absolute Gasteiger partial charge is 0.300 e. The van der Waals surface area contributed by atoms with Gasteiger partial charge in [0.05, 0.1) is 26.4 Å². The second kappa shape index (κ2) is 29.2. The van der Waals surface area contributed by atoms with E-state index in [0.29, 0.717) is 0 Å². The van der Waals surface area contributed by atoms with E-state index in [0.717, 1.165) is 20.8 Å². The van der Waals surface area contributed by atoms with Crippen molar-refractivity contribution in [2.45, 2.75) is 33.0 Å². The van der Waals surface area contributed by atoms with Gasteiger partial charge in [-0.15, -0.1) is 0 Å². The normalized spacial score (nSPS) is 8.12. The highest BCUT2D eigenvalue weighted by Crippen LogP contribution is 1.72. The Morgan fingerprint density at radius 1 is 0.583 bits per heavy atom. The average Bonchev–Trinajstić information content (AvgIpc) is 2.44. The molecule has 0 aromatic rings. The van der Waals surface area contributed by atoms with Gasteiger partial charge in [-0.1, -0.05) is 0 Å². The van der Waals surface area contributed by atoms with Crippen LogP contribution in [0.3, 0.4) is 0 Å². The van der Waals surface area contributed by atoms with Crippen molar-refractivity contribution in [3.63, 3.8) is 0 Å². The molecule has 0 saturated carbocycles. The van der Waals surface area contributed by atoms with E-state index in [1.165, 1.54) is 0 Å². The number of carbonyl (C=O) groups is 3. The van der Waals surface area contributed by atoms with Gasteiger partial charge in [-0.2, -0.15) is 0 Å². The number of carboxylic acid groups (broad SMARTS) is 3. The molecule has 0 fully saturated rings. The lowest BCUT2D eigenvalue weighted by molar-refractivity contribution is -0.135. The van der Waals surface area contributed by atoms with Crippen molar-refractivity contribution < 1.29 is 60.3 Å². The van der Waals surface area contributed by atoms with Crippen LogP contribution in [0, 0.1) is 0 Å². The Kier molecular flexibility index (Phi) is 41.0. The number of rotatable bonds is 4. The Balaban J connectivity index is -0.0000000637. The fourth-order valence-electron chi connectivity index (χ4n) is 0.115. The molecule has 24 heavy (non-hydrogen) atoms. The molecule has 0 spiro atoms. The predicted molar refractivity (Wildman–Crippen MR) is 80.3 cm³/mol. The van der Waals surface area contributed by atoms with Crippen LogP contribution in [0.5, 0.6) is 0 Å². The van der Waals surface area contributed by atoms with E-state index in [1.807, 2.05) is 0 Å². The molecule has 148 valence electrons. The van der Waals surface area contributed by atoms with Gasteiger partial charge >= 0.3 is 0 Å². The molecular weight excluding hydrogens is 336 g/mol. The van der Waals surface area contributed by atoms with Gasteiger partial charge in [-0.25, -0.2) is 0 Å². The molecule has 0 bridgehead atoms. The summed E-state index contributed by atoms with van der Waals surface area (Å²) in [5, 5.41) is 70.3. The van der Waals surface area contributed by atoms with Gasteiger partial charge in [0.15, 0.2) is 0 Å². The standard InChI is InChI=1S/2C3H8O3.3C2H4O2/c2*4-1-3(6)2-5;3*1-2(3)4/h2*3-6H,1-2H2;3*1H3,(H,3,4). The van der Waals surface area contributed by atoms with E-state index in [2.05, 4.69) is 0 Å². The number of aliphatic hydroxyl groups is 6. The van der Waals surface area contributed by atoms with E-state index < -0.39 is 30.1 Å². The summed E-state index contributed by atoms with van der Waals surface area (Å²) in [6.07, 6.45) is -1.91. The van der Waals surface area contributed by atoms with Crippen LogP contribution in [0.15, 0.2) is 0 Å². The predicted octanol–water partition coefficient (Wildman–Crippen LogP) is -3.06. The van der Waals surface area contributed by atoms with Gasteiger partial charge in [0.25, 0.3) is 17.9 Å². The fraction of sp³-hybridized carbons (Fsp3) is 0.750. The lowest BCUT2D eigenvalue weighted by Crippen LogP contribution is -2.15. The molecule has 12 heteroatoms.